The van der Waals surface area contributed by atoms with E-state index in [1.807, 2.05) is 13.8 Å². The highest BCUT2D eigenvalue weighted by atomic mass is 19.3. The van der Waals surface area contributed by atoms with Gasteiger partial charge in [-0.15, -0.1) is 0 Å². The summed E-state index contributed by atoms with van der Waals surface area (Å²) in [7, 11) is 0. The molecule has 0 spiro atoms. The monoisotopic (exact) mass is 287 g/mol. The molecule has 0 aromatic heterocycles. The Bertz CT molecular complexity index is 421. The number of rotatable bonds is 7. The molecule has 1 aromatic rings. The Morgan fingerprint density at radius 2 is 1.90 bits per heavy atom. The first-order chi connectivity index (χ1) is 9.38. The van der Waals surface area contributed by atoms with Gasteiger partial charge in [0.05, 0.1) is 12.5 Å². The highest BCUT2D eigenvalue weighted by molar-refractivity contribution is 5.78. The zero-order valence-corrected chi connectivity index (χ0v) is 11.5. The standard InChI is InChI=1S/C14H19F2NO3/c1-9(2)12(18)8-17-13(19)7-10-3-5-11(6-4-10)20-14(15)16/h3-6,9,12,14,18H,7-8H2,1-2H3,(H,17,19). The summed E-state index contributed by atoms with van der Waals surface area (Å²) in [6.07, 6.45) is -0.458. The van der Waals surface area contributed by atoms with Crippen LogP contribution in [0.15, 0.2) is 24.3 Å². The number of carbonyl (C=O) groups is 1. The minimum absolute atomic E-state index is 0.0550. The van der Waals surface area contributed by atoms with Crippen LogP contribution in [0.5, 0.6) is 5.75 Å². The molecule has 0 saturated carbocycles. The van der Waals surface area contributed by atoms with Gasteiger partial charge in [-0.2, -0.15) is 8.78 Å². The summed E-state index contributed by atoms with van der Waals surface area (Å²) in [4.78, 5) is 11.6. The van der Waals surface area contributed by atoms with E-state index in [2.05, 4.69) is 10.1 Å². The second-order valence-corrected chi connectivity index (χ2v) is 4.81. The van der Waals surface area contributed by atoms with Crippen LogP contribution in [0.4, 0.5) is 8.78 Å². The number of halogens is 2. The van der Waals surface area contributed by atoms with Crippen LogP contribution in [0.25, 0.3) is 0 Å². The minimum atomic E-state index is -2.86. The number of aliphatic hydroxyl groups excluding tert-OH is 1. The van der Waals surface area contributed by atoms with Crippen molar-refractivity contribution < 1.29 is 23.4 Å². The second-order valence-electron chi connectivity index (χ2n) is 4.81. The Hall–Kier alpha value is -1.69. The van der Waals surface area contributed by atoms with Crippen molar-refractivity contribution in [2.75, 3.05) is 6.54 Å². The number of ether oxygens (including phenoxy) is 1. The van der Waals surface area contributed by atoms with Crippen LogP contribution in [0, 0.1) is 5.92 Å². The summed E-state index contributed by atoms with van der Waals surface area (Å²) in [5.41, 5.74) is 0.683. The van der Waals surface area contributed by atoms with Crippen LogP contribution in [0.3, 0.4) is 0 Å². The highest BCUT2D eigenvalue weighted by Crippen LogP contribution is 2.15. The lowest BCUT2D eigenvalue weighted by molar-refractivity contribution is -0.121. The molecule has 1 atom stereocenters. The molecule has 6 heteroatoms. The predicted octanol–water partition coefficient (Wildman–Crippen LogP) is 1.96. The fourth-order valence-corrected chi connectivity index (χ4v) is 1.49. The maximum Gasteiger partial charge on any atom is 0.387 e. The third kappa shape index (κ3) is 5.97. The van der Waals surface area contributed by atoms with Gasteiger partial charge in [0, 0.05) is 6.54 Å². The van der Waals surface area contributed by atoms with Gasteiger partial charge in [-0.1, -0.05) is 26.0 Å². The maximum atomic E-state index is 12.0. The first kappa shape index (κ1) is 16.4. The third-order valence-corrected chi connectivity index (χ3v) is 2.79. The van der Waals surface area contributed by atoms with Crippen LogP contribution >= 0.6 is 0 Å². The molecule has 0 aliphatic heterocycles. The van der Waals surface area contributed by atoms with Gasteiger partial charge in [0.1, 0.15) is 5.75 Å². The lowest BCUT2D eigenvalue weighted by Gasteiger charge is -2.15. The number of nitrogens with one attached hydrogen (secondary N) is 1. The molecule has 112 valence electrons. The summed E-state index contributed by atoms with van der Waals surface area (Å²) in [6.45, 7) is 1.06. The minimum Gasteiger partial charge on any atom is -0.435 e. The van der Waals surface area contributed by atoms with E-state index < -0.39 is 12.7 Å². The molecule has 1 unspecified atom stereocenters. The maximum absolute atomic E-state index is 12.0. The molecule has 0 radical (unpaired) electrons. The van der Waals surface area contributed by atoms with Crippen molar-refractivity contribution in [2.24, 2.45) is 5.92 Å². The topological polar surface area (TPSA) is 58.6 Å². The summed E-state index contributed by atoms with van der Waals surface area (Å²) < 4.78 is 28.1. The molecule has 0 saturated heterocycles. The Morgan fingerprint density at radius 3 is 2.40 bits per heavy atom. The Labute approximate surface area is 116 Å². The number of hydrogen-bond donors (Lipinski definition) is 2. The molecular formula is C14H19F2NO3. The van der Waals surface area contributed by atoms with Gasteiger partial charge < -0.3 is 15.2 Å². The zero-order chi connectivity index (χ0) is 15.1. The number of aliphatic hydroxyl groups is 1. The fraction of sp³-hybridized carbons (Fsp3) is 0.500. The molecule has 0 aliphatic carbocycles. The summed E-state index contributed by atoms with van der Waals surface area (Å²) >= 11 is 0. The molecule has 0 aliphatic rings. The SMILES string of the molecule is CC(C)C(O)CNC(=O)Cc1ccc(OC(F)F)cc1. The van der Waals surface area contributed by atoms with Gasteiger partial charge in [-0.05, 0) is 23.6 Å². The largest absolute Gasteiger partial charge is 0.435 e. The number of alkyl halides is 2. The molecule has 1 aromatic carbocycles. The van der Waals surface area contributed by atoms with Gasteiger partial charge in [0.25, 0.3) is 0 Å². The molecule has 2 N–H and O–H groups in total. The average Bonchev–Trinajstić information content (AvgIpc) is 2.37. The van der Waals surface area contributed by atoms with E-state index in [4.69, 9.17) is 0 Å². The van der Waals surface area contributed by atoms with Gasteiger partial charge in [-0.25, -0.2) is 0 Å². The van der Waals surface area contributed by atoms with Crippen molar-refractivity contribution in [3.8, 4) is 5.75 Å². The molecular weight excluding hydrogens is 268 g/mol. The Morgan fingerprint density at radius 1 is 1.30 bits per heavy atom. The lowest BCUT2D eigenvalue weighted by atomic mass is 10.1. The van der Waals surface area contributed by atoms with Crippen molar-refractivity contribution in [1.82, 2.24) is 5.32 Å². The van der Waals surface area contributed by atoms with Gasteiger partial charge in [0.15, 0.2) is 0 Å². The van der Waals surface area contributed by atoms with Crippen LogP contribution in [-0.2, 0) is 11.2 Å². The first-order valence-corrected chi connectivity index (χ1v) is 6.37. The van der Waals surface area contributed by atoms with Crippen LogP contribution in [-0.4, -0.2) is 30.3 Å². The number of benzene rings is 1. The predicted molar refractivity (Wildman–Crippen MR) is 70.6 cm³/mol. The van der Waals surface area contributed by atoms with Crippen molar-refractivity contribution in [2.45, 2.75) is 33.0 Å². The van der Waals surface area contributed by atoms with Crippen molar-refractivity contribution in [3.05, 3.63) is 29.8 Å². The average molecular weight is 287 g/mol. The fourth-order valence-electron chi connectivity index (χ4n) is 1.49. The summed E-state index contributed by atoms with van der Waals surface area (Å²) in [5.74, 6) is -0.104. The van der Waals surface area contributed by atoms with E-state index in [0.29, 0.717) is 5.56 Å². The van der Waals surface area contributed by atoms with E-state index in [-0.39, 0.29) is 30.5 Å². The summed E-state index contributed by atoms with van der Waals surface area (Å²) in [5, 5.41) is 12.2. The van der Waals surface area contributed by atoms with E-state index >= 15 is 0 Å². The number of hydrogen-bond acceptors (Lipinski definition) is 3. The van der Waals surface area contributed by atoms with E-state index in [1.54, 1.807) is 12.1 Å². The third-order valence-electron chi connectivity index (χ3n) is 2.79. The zero-order valence-electron chi connectivity index (χ0n) is 11.5. The smallest absolute Gasteiger partial charge is 0.387 e. The highest BCUT2D eigenvalue weighted by Gasteiger charge is 2.11. The Balaban J connectivity index is 2.42. The normalized spacial score (nSPS) is 12.6. The Kier molecular flexibility index (Phi) is 6.38. The lowest BCUT2D eigenvalue weighted by Crippen LogP contribution is -2.35. The van der Waals surface area contributed by atoms with Crippen molar-refractivity contribution >= 4 is 5.91 Å². The van der Waals surface area contributed by atoms with Crippen molar-refractivity contribution in [3.63, 3.8) is 0 Å². The quantitative estimate of drug-likeness (QED) is 0.806. The van der Waals surface area contributed by atoms with Crippen molar-refractivity contribution in [1.29, 1.82) is 0 Å². The molecule has 1 amide bonds. The molecule has 0 heterocycles. The molecule has 4 nitrogen and oxygen atoms in total. The second kappa shape index (κ2) is 7.79. The van der Waals surface area contributed by atoms with E-state index in [1.165, 1.54) is 12.1 Å². The van der Waals surface area contributed by atoms with Crippen LogP contribution in [0.2, 0.25) is 0 Å². The number of amides is 1. The molecule has 0 fully saturated rings. The number of carbonyl (C=O) groups excluding carboxylic acids is 1. The van der Waals surface area contributed by atoms with Gasteiger partial charge >= 0.3 is 6.61 Å². The summed E-state index contributed by atoms with van der Waals surface area (Å²) in [6, 6.07) is 5.88. The van der Waals surface area contributed by atoms with Crippen LogP contribution in [0.1, 0.15) is 19.4 Å². The van der Waals surface area contributed by atoms with E-state index in [9.17, 15) is 18.7 Å². The molecule has 1 rings (SSSR count). The molecule has 20 heavy (non-hydrogen) atoms. The first-order valence-electron chi connectivity index (χ1n) is 6.37. The van der Waals surface area contributed by atoms with Gasteiger partial charge in [0.2, 0.25) is 5.91 Å². The molecule has 0 bridgehead atoms. The van der Waals surface area contributed by atoms with Gasteiger partial charge in [-0.3, -0.25) is 4.79 Å². The van der Waals surface area contributed by atoms with Crippen LogP contribution < -0.4 is 10.1 Å². The van der Waals surface area contributed by atoms with E-state index in [0.717, 1.165) is 0 Å².